The van der Waals surface area contributed by atoms with Crippen LogP contribution < -0.4 is 0 Å². The van der Waals surface area contributed by atoms with Gasteiger partial charge in [-0.3, -0.25) is 0 Å². The zero-order chi connectivity index (χ0) is 9.11. The van der Waals surface area contributed by atoms with Gasteiger partial charge < -0.3 is 9.47 Å². The summed E-state index contributed by atoms with van der Waals surface area (Å²) >= 11 is 0. The Bertz CT molecular complexity index is 54.1. The molecular formula is C8H21O2Si. The van der Waals surface area contributed by atoms with Crippen LogP contribution in [0.15, 0.2) is 0 Å². The van der Waals surface area contributed by atoms with Gasteiger partial charge in [0, 0.05) is 13.2 Å². The van der Waals surface area contributed by atoms with Gasteiger partial charge in [-0.25, -0.2) is 0 Å². The molecule has 0 aliphatic carbocycles. The summed E-state index contributed by atoms with van der Waals surface area (Å²) in [4.78, 5) is 0. The molecule has 2 nitrogen and oxygen atoms in total. The molecular weight excluding hydrogens is 156 g/mol. The van der Waals surface area contributed by atoms with Crippen LogP contribution in [0.25, 0.3) is 0 Å². The van der Waals surface area contributed by atoms with Crippen LogP contribution in [-0.4, -0.2) is 29.4 Å². The molecule has 0 aliphatic rings. The minimum Gasteiger partial charge on any atom is -0.358 e. The Morgan fingerprint density at radius 1 is 1.18 bits per heavy atom. The number of rotatable bonds is 4. The minimum absolute atomic E-state index is 0.102. The summed E-state index contributed by atoms with van der Waals surface area (Å²) in [6.45, 7) is 11.0. The maximum atomic E-state index is 5.12. The topological polar surface area (TPSA) is 18.5 Å². The first-order valence-electron chi connectivity index (χ1n) is 4.25. The van der Waals surface area contributed by atoms with Crippen molar-refractivity contribution in [2.75, 3.05) is 13.2 Å². The zero-order valence-electron chi connectivity index (χ0n) is 8.22. The molecule has 0 atom stereocenters. The van der Waals surface area contributed by atoms with Crippen molar-refractivity contribution in [1.82, 2.24) is 0 Å². The van der Waals surface area contributed by atoms with E-state index in [4.69, 9.17) is 9.47 Å². The van der Waals surface area contributed by atoms with Crippen molar-refractivity contribution in [1.29, 1.82) is 0 Å². The average Bonchev–Trinajstić information content (AvgIpc) is 1.90. The zero-order valence-corrected chi connectivity index (χ0v) is 10.2. The van der Waals surface area contributed by atoms with Crippen molar-refractivity contribution < 1.29 is 9.47 Å². The number of ether oxygens (including phenoxy) is 2. The lowest BCUT2D eigenvalue weighted by atomic mass is 10.6. The number of hydrogen-bond acceptors (Lipinski definition) is 2. The first kappa shape index (κ1) is 13.7. The van der Waals surface area contributed by atoms with Crippen LogP contribution in [0, 0.1) is 6.92 Å². The lowest BCUT2D eigenvalue weighted by Gasteiger charge is -2.09. The van der Waals surface area contributed by atoms with Crippen LogP contribution in [0.4, 0.5) is 0 Å². The first-order valence-corrected chi connectivity index (χ1v) is 5.40. The van der Waals surface area contributed by atoms with Crippen molar-refractivity contribution in [3.8, 4) is 0 Å². The van der Waals surface area contributed by atoms with Crippen LogP contribution >= 0.6 is 0 Å². The molecule has 0 saturated heterocycles. The van der Waals surface area contributed by atoms with Gasteiger partial charge in [-0.15, -0.1) is 0 Å². The Kier molecular flexibility index (Phi) is 15.9. The third kappa shape index (κ3) is 17.8. The highest BCUT2D eigenvalue weighted by molar-refractivity contribution is 6.09. The van der Waals surface area contributed by atoms with Crippen LogP contribution in [0.1, 0.15) is 27.2 Å². The molecule has 0 amide bonds. The van der Waals surface area contributed by atoms with Gasteiger partial charge in [-0.05, 0) is 13.8 Å². The van der Waals surface area contributed by atoms with E-state index in [0.717, 1.165) is 29.9 Å². The SMILES string of the molecule is CCOC([SiH3])OCC.[CH2]CC. The van der Waals surface area contributed by atoms with E-state index in [9.17, 15) is 0 Å². The summed E-state index contributed by atoms with van der Waals surface area (Å²) in [6.07, 6.45) is 1.00. The molecule has 0 spiro atoms. The summed E-state index contributed by atoms with van der Waals surface area (Å²) in [5.74, 6) is 0.102. The van der Waals surface area contributed by atoms with Gasteiger partial charge in [-0.2, -0.15) is 0 Å². The smallest absolute Gasteiger partial charge is 0.131 e. The summed E-state index contributed by atoms with van der Waals surface area (Å²) < 4.78 is 10.2. The summed E-state index contributed by atoms with van der Waals surface area (Å²) in [6, 6.07) is 0. The molecule has 0 unspecified atom stereocenters. The molecule has 0 fully saturated rings. The molecule has 0 rings (SSSR count). The predicted molar refractivity (Wildman–Crippen MR) is 52.6 cm³/mol. The summed E-state index contributed by atoms with van der Waals surface area (Å²) in [7, 11) is 0.964. The molecule has 0 aliphatic heterocycles. The van der Waals surface area contributed by atoms with Gasteiger partial charge in [0.05, 0.1) is 10.2 Å². The largest absolute Gasteiger partial charge is 0.358 e. The second-order valence-corrected chi connectivity index (χ2v) is 2.92. The maximum Gasteiger partial charge on any atom is 0.131 e. The Morgan fingerprint density at radius 3 is 1.64 bits per heavy atom. The highest BCUT2D eigenvalue weighted by Gasteiger charge is 1.94. The molecule has 69 valence electrons. The van der Waals surface area contributed by atoms with Gasteiger partial charge >= 0.3 is 0 Å². The highest BCUT2D eigenvalue weighted by atomic mass is 28.1. The molecule has 1 radical (unpaired) electrons. The molecule has 0 bridgehead atoms. The fourth-order valence-corrected chi connectivity index (χ4v) is 1.18. The number of hydrogen-bond donors (Lipinski definition) is 0. The van der Waals surface area contributed by atoms with Crippen molar-refractivity contribution >= 4 is 10.2 Å². The molecule has 0 heterocycles. The second kappa shape index (κ2) is 12.8. The summed E-state index contributed by atoms with van der Waals surface area (Å²) in [5, 5.41) is 0. The monoisotopic (exact) mass is 177 g/mol. The van der Waals surface area contributed by atoms with Gasteiger partial charge in [0.15, 0.2) is 0 Å². The lowest BCUT2D eigenvalue weighted by Crippen LogP contribution is -2.16. The highest BCUT2D eigenvalue weighted by Crippen LogP contribution is 1.86. The average molecular weight is 177 g/mol. The molecule has 0 N–H and O–H groups in total. The molecule has 0 aromatic rings. The maximum absolute atomic E-state index is 5.12. The van der Waals surface area contributed by atoms with E-state index >= 15 is 0 Å². The Hall–Kier alpha value is 0.137. The van der Waals surface area contributed by atoms with Crippen molar-refractivity contribution in [2.45, 2.75) is 33.1 Å². The van der Waals surface area contributed by atoms with E-state index in [2.05, 4.69) is 6.92 Å². The molecule has 0 aromatic carbocycles. The van der Waals surface area contributed by atoms with E-state index in [-0.39, 0.29) is 5.91 Å². The van der Waals surface area contributed by atoms with E-state index < -0.39 is 0 Å². The third-order valence-corrected chi connectivity index (χ3v) is 1.47. The Balaban J connectivity index is 0. The molecule has 0 aromatic heterocycles. The van der Waals surface area contributed by atoms with E-state index in [1.165, 1.54) is 0 Å². The van der Waals surface area contributed by atoms with E-state index in [1.807, 2.05) is 20.8 Å². The van der Waals surface area contributed by atoms with Crippen LogP contribution in [-0.2, 0) is 9.47 Å². The quantitative estimate of drug-likeness (QED) is 0.470. The van der Waals surface area contributed by atoms with Gasteiger partial charge in [0.1, 0.15) is 5.91 Å². The van der Waals surface area contributed by atoms with Gasteiger partial charge in [0.25, 0.3) is 0 Å². The fourth-order valence-electron chi connectivity index (χ4n) is 0.518. The van der Waals surface area contributed by atoms with Crippen molar-refractivity contribution in [3.05, 3.63) is 6.92 Å². The van der Waals surface area contributed by atoms with Crippen molar-refractivity contribution in [3.63, 3.8) is 0 Å². The van der Waals surface area contributed by atoms with Crippen LogP contribution in [0.2, 0.25) is 0 Å². The predicted octanol–water partition coefficient (Wildman–Crippen LogP) is 0.939. The van der Waals surface area contributed by atoms with Gasteiger partial charge in [-0.1, -0.05) is 20.3 Å². The van der Waals surface area contributed by atoms with Gasteiger partial charge in [0.2, 0.25) is 0 Å². The normalized spacial score (nSPS) is 9.55. The summed E-state index contributed by atoms with van der Waals surface area (Å²) in [5.41, 5.74) is 0. The Labute approximate surface area is 73.7 Å². The Morgan fingerprint density at radius 2 is 1.45 bits per heavy atom. The van der Waals surface area contributed by atoms with Crippen molar-refractivity contribution in [2.24, 2.45) is 0 Å². The van der Waals surface area contributed by atoms with Crippen LogP contribution in [0.5, 0.6) is 0 Å². The fraction of sp³-hybridized carbons (Fsp3) is 0.875. The standard InChI is InChI=1S/C5H14O2Si.C3H7/c1-3-6-5(8)7-4-2;1-3-2/h5H,3-4H2,1-2,8H3;1,3H2,2H3. The van der Waals surface area contributed by atoms with E-state index in [1.54, 1.807) is 0 Å². The second-order valence-electron chi connectivity index (χ2n) is 1.98. The molecule has 0 saturated carbocycles. The first-order chi connectivity index (χ1) is 5.22. The van der Waals surface area contributed by atoms with Crippen LogP contribution in [0.3, 0.4) is 0 Å². The third-order valence-electron chi connectivity index (χ3n) is 0.803. The van der Waals surface area contributed by atoms with E-state index in [0.29, 0.717) is 0 Å². The molecule has 3 heteroatoms. The molecule has 11 heavy (non-hydrogen) atoms. The minimum atomic E-state index is 0.102. The lowest BCUT2D eigenvalue weighted by molar-refractivity contribution is -0.0801.